The number of urea groups is 1. The van der Waals surface area contributed by atoms with Crippen molar-refractivity contribution in [3.8, 4) is 0 Å². The number of carbonyl (C=O) groups excluding carboxylic acids is 1. The van der Waals surface area contributed by atoms with Crippen LogP contribution in [0.1, 0.15) is 51.5 Å². The number of nitrogens with one attached hydrogen (secondary N) is 2. The molecular formula is C22H30ClN5O. The predicted octanol–water partition coefficient (Wildman–Crippen LogP) is 5.88. The van der Waals surface area contributed by atoms with Crippen molar-refractivity contribution in [2.24, 2.45) is 5.92 Å². The Bertz CT molecular complexity index is 818. The van der Waals surface area contributed by atoms with Gasteiger partial charge < -0.3 is 10.2 Å². The Labute approximate surface area is 178 Å². The molecule has 0 atom stereocenters. The van der Waals surface area contributed by atoms with E-state index in [1.807, 2.05) is 31.2 Å². The van der Waals surface area contributed by atoms with E-state index in [1.165, 1.54) is 19.3 Å². The van der Waals surface area contributed by atoms with Crippen LogP contribution in [0.2, 0.25) is 5.15 Å². The molecule has 0 aliphatic heterocycles. The molecule has 1 aromatic heterocycles. The van der Waals surface area contributed by atoms with Gasteiger partial charge in [0, 0.05) is 24.3 Å². The van der Waals surface area contributed by atoms with E-state index in [0.717, 1.165) is 30.6 Å². The van der Waals surface area contributed by atoms with Crippen LogP contribution in [0.3, 0.4) is 0 Å². The Morgan fingerprint density at radius 1 is 1.14 bits per heavy atom. The van der Waals surface area contributed by atoms with E-state index in [9.17, 15) is 4.79 Å². The molecule has 2 amide bonds. The van der Waals surface area contributed by atoms with E-state index < -0.39 is 0 Å². The van der Waals surface area contributed by atoms with Gasteiger partial charge in [0.15, 0.2) is 0 Å². The molecule has 1 aromatic carbocycles. The minimum atomic E-state index is -0.359. The third-order valence-electron chi connectivity index (χ3n) is 5.07. The summed E-state index contributed by atoms with van der Waals surface area (Å²) in [4.78, 5) is 23.8. The van der Waals surface area contributed by atoms with Crippen LogP contribution >= 0.6 is 11.6 Å². The van der Waals surface area contributed by atoms with Gasteiger partial charge in [-0.25, -0.2) is 9.78 Å². The van der Waals surface area contributed by atoms with E-state index in [2.05, 4.69) is 39.3 Å². The summed E-state index contributed by atoms with van der Waals surface area (Å²) in [5.74, 6) is 1.46. The van der Waals surface area contributed by atoms with Crippen molar-refractivity contribution in [3.63, 3.8) is 0 Å². The molecular weight excluding hydrogens is 386 g/mol. The lowest BCUT2D eigenvalue weighted by Gasteiger charge is -2.35. The second-order valence-corrected chi connectivity index (χ2v) is 8.55. The topological polar surface area (TPSA) is 70.2 Å². The van der Waals surface area contributed by atoms with Gasteiger partial charge in [0.2, 0.25) is 5.95 Å². The molecule has 29 heavy (non-hydrogen) atoms. The molecule has 0 radical (unpaired) electrons. The number of hydrogen-bond donors (Lipinski definition) is 2. The van der Waals surface area contributed by atoms with E-state index in [1.54, 1.807) is 6.07 Å². The highest BCUT2D eigenvalue weighted by Crippen LogP contribution is 2.28. The molecule has 0 bridgehead atoms. The molecule has 1 aliphatic carbocycles. The number of amides is 2. The molecule has 7 heteroatoms. The van der Waals surface area contributed by atoms with E-state index in [0.29, 0.717) is 28.9 Å². The van der Waals surface area contributed by atoms with Crippen LogP contribution in [0.5, 0.6) is 0 Å². The Morgan fingerprint density at radius 3 is 2.48 bits per heavy atom. The Balaban J connectivity index is 1.76. The average molecular weight is 416 g/mol. The maximum absolute atomic E-state index is 12.4. The molecule has 0 saturated heterocycles. The fourth-order valence-electron chi connectivity index (χ4n) is 3.69. The molecule has 1 fully saturated rings. The Morgan fingerprint density at radius 2 is 1.83 bits per heavy atom. The van der Waals surface area contributed by atoms with Crippen molar-refractivity contribution >= 4 is 35.1 Å². The standard InChI is InChI=1S/C22H30ClN5O/c1-15(2)14-28(18-7-5-4-6-8-18)21-25-19(23)13-20(26-21)27-22(29)24-17-11-9-16(3)10-12-17/h9-13,15,18H,4-8,14H2,1-3H3,(H2,24,25,26,27,29). The van der Waals surface area contributed by atoms with Crippen molar-refractivity contribution in [2.45, 2.75) is 58.9 Å². The van der Waals surface area contributed by atoms with Gasteiger partial charge in [-0.3, -0.25) is 5.32 Å². The lowest BCUT2D eigenvalue weighted by molar-refractivity contribution is 0.262. The molecule has 3 rings (SSSR count). The van der Waals surface area contributed by atoms with Crippen molar-refractivity contribution in [3.05, 3.63) is 41.0 Å². The number of nitrogens with zero attached hydrogens (tertiary/aromatic N) is 3. The van der Waals surface area contributed by atoms with Crippen LogP contribution in [0.4, 0.5) is 22.2 Å². The number of carbonyl (C=O) groups is 1. The summed E-state index contributed by atoms with van der Waals surface area (Å²) in [6.07, 6.45) is 6.01. The number of hydrogen-bond acceptors (Lipinski definition) is 4. The average Bonchev–Trinajstić information content (AvgIpc) is 2.68. The molecule has 2 aromatic rings. The van der Waals surface area contributed by atoms with Crippen molar-refractivity contribution < 1.29 is 4.79 Å². The van der Waals surface area contributed by atoms with Crippen molar-refractivity contribution in [2.75, 3.05) is 22.1 Å². The second kappa shape index (κ2) is 9.92. The van der Waals surface area contributed by atoms with E-state index in [-0.39, 0.29) is 6.03 Å². The third kappa shape index (κ3) is 6.32. The predicted molar refractivity (Wildman–Crippen MR) is 120 cm³/mol. The molecule has 0 spiro atoms. The molecule has 156 valence electrons. The normalized spacial score (nSPS) is 14.7. The van der Waals surface area contributed by atoms with Gasteiger partial charge in [-0.15, -0.1) is 0 Å². The van der Waals surface area contributed by atoms with Crippen LogP contribution in [0.15, 0.2) is 30.3 Å². The van der Waals surface area contributed by atoms with Crippen LogP contribution in [0, 0.1) is 12.8 Å². The highest BCUT2D eigenvalue weighted by Gasteiger charge is 2.25. The molecule has 6 nitrogen and oxygen atoms in total. The number of anilines is 3. The zero-order valence-corrected chi connectivity index (χ0v) is 18.2. The molecule has 1 heterocycles. The summed E-state index contributed by atoms with van der Waals surface area (Å²) in [5, 5.41) is 5.92. The van der Waals surface area contributed by atoms with E-state index >= 15 is 0 Å². The van der Waals surface area contributed by atoms with Gasteiger partial charge in [-0.2, -0.15) is 4.98 Å². The number of aromatic nitrogens is 2. The Hall–Kier alpha value is -2.34. The highest BCUT2D eigenvalue weighted by molar-refractivity contribution is 6.29. The summed E-state index contributed by atoms with van der Waals surface area (Å²) in [6.45, 7) is 7.24. The van der Waals surface area contributed by atoms with Crippen LogP contribution in [0.25, 0.3) is 0 Å². The van der Waals surface area contributed by atoms with Crippen LogP contribution in [-0.2, 0) is 0 Å². The summed E-state index contributed by atoms with van der Waals surface area (Å²) >= 11 is 6.28. The maximum Gasteiger partial charge on any atom is 0.324 e. The zero-order valence-electron chi connectivity index (χ0n) is 17.4. The number of benzene rings is 1. The number of rotatable bonds is 6. The fourth-order valence-corrected chi connectivity index (χ4v) is 3.87. The summed E-state index contributed by atoms with van der Waals surface area (Å²) in [6, 6.07) is 9.25. The maximum atomic E-state index is 12.4. The molecule has 1 saturated carbocycles. The van der Waals surface area contributed by atoms with Crippen LogP contribution in [-0.4, -0.2) is 28.6 Å². The summed E-state index contributed by atoms with van der Waals surface area (Å²) < 4.78 is 0. The Kier molecular flexibility index (Phi) is 7.31. The first kappa shape index (κ1) is 21.4. The van der Waals surface area contributed by atoms with Gasteiger partial charge in [0.25, 0.3) is 0 Å². The lowest BCUT2D eigenvalue weighted by Crippen LogP contribution is -2.40. The minimum absolute atomic E-state index is 0.324. The number of aryl methyl sites for hydroxylation is 1. The van der Waals surface area contributed by atoms with Gasteiger partial charge in [-0.05, 0) is 37.8 Å². The van der Waals surface area contributed by atoms with Gasteiger partial charge in [0.1, 0.15) is 11.0 Å². The molecule has 1 aliphatic rings. The minimum Gasteiger partial charge on any atom is -0.337 e. The van der Waals surface area contributed by atoms with Gasteiger partial charge >= 0.3 is 6.03 Å². The highest BCUT2D eigenvalue weighted by atomic mass is 35.5. The third-order valence-corrected chi connectivity index (χ3v) is 5.26. The first-order chi connectivity index (χ1) is 13.9. The van der Waals surface area contributed by atoms with E-state index in [4.69, 9.17) is 11.6 Å². The van der Waals surface area contributed by atoms with Crippen molar-refractivity contribution in [1.82, 2.24) is 9.97 Å². The second-order valence-electron chi connectivity index (χ2n) is 8.16. The van der Waals surface area contributed by atoms with Gasteiger partial charge in [0.05, 0.1) is 0 Å². The lowest BCUT2D eigenvalue weighted by atomic mass is 9.94. The van der Waals surface area contributed by atoms with Gasteiger partial charge in [-0.1, -0.05) is 62.4 Å². The van der Waals surface area contributed by atoms with Crippen LogP contribution < -0.4 is 15.5 Å². The largest absolute Gasteiger partial charge is 0.337 e. The first-order valence-electron chi connectivity index (χ1n) is 10.4. The molecule has 2 N–H and O–H groups in total. The smallest absolute Gasteiger partial charge is 0.324 e. The monoisotopic (exact) mass is 415 g/mol. The van der Waals surface area contributed by atoms with Crippen molar-refractivity contribution in [1.29, 1.82) is 0 Å². The summed E-state index contributed by atoms with van der Waals surface area (Å²) in [5.41, 5.74) is 1.85. The summed E-state index contributed by atoms with van der Waals surface area (Å²) in [7, 11) is 0. The first-order valence-corrected chi connectivity index (χ1v) is 10.7. The quantitative estimate of drug-likeness (QED) is 0.578. The SMILES string of the molecule is Cc1ccc(NC(=O)Nc2cc(Cl)nc(N(CC(C)C)C3CCCCC3)n2)cc1. The fraction of sp³-hybridized carbons (Fsp3) is 0.500. The molecule has 0 unspecified atom stereocenters. The zero-order chi connectivity index (χ0) is 20.8. The number of halogens is 1.